The molecular weight excluding hydrogens is 304 g/mol. The lowest BCUT2D eigenvalue weighted by molar-refractivity contribution is 0.0318. The van der Waals surface area contributed by atoms with Gasteiger partial charge in [-0.05, 0) is 12.1 Å². The van der Waals surface area contributed by atoms with Crippen molar-refractivity contribution in [1.82, 2.24) is 0 Å². The van der Waals surface area contributed by atoms with Crippen LogP contribution in [0.1, 0.15) is 15.9 Å². The topological polar surface area (TPSA) is 54.0 Å². The number of hydrogen-bond donors (Lipinski definition) is 0. The smallest absolute Gasteiger partial charge is 0.188 e. The van der Waals surface area contributed by atoms with E-state index >= 15 is 0 Å². The Kier molecular flexibility index (Phi) is 6.70. The van der Waals surface area contributed by atoms with E-state index in [1.807, 2.05) is 0 Å². The van der Waals surface area contributed by atoms with Crippen molar-refractivity contribution < 1.29 is 23.7 Å². The number of carbonyl (C=O) groups excluding carboxylic acids is 1. The first kappa shape index (κ1) is 14.9. The molecule has 0 amide bonds. The molecule has 0 atom stereocenters. The fourth-order valence-corrected chi connectivity index (χ4v) is 1.78. The third kappa shape index (κ3) is 3.97. The Morgan fingerprint density at radius 3 is 2.39 bits per heavy atom. The van der Waals surface area contributed by atoms with Gasteiger partial charge in [0.1, 0.15) is 6.29 Å². The number of aldehydes is 1. The number of methoxy groups -OCH3 is 2. The highest BCUT2D eigenvalue weighted by molar-refractivity contribution is 9.08. The summed E-state index contributed by atoms with van der Waals surface area (Å²) in [5.41, 5.74) is 1.32. The molecule has 1 rings (SSSR count). The van der Waals surface area contributed by atoms with Crippen molar-refractivity contribution in [2.75, 3.05) is 27.8 Å². The summed E-state index contributed by atoms with van der Waals surface area (Å²) in [6.07, 6.45) is 0.756. The predicted molar refractivity (Wildman–Crippen MR) is 69.5 cm³/mol. The highest BCUT2D eigenvalue weighted by Gasteiger charge is 2.13. The van der Waals surface area contributed by atoms with Crippen LogP contribution in [0, 0.1) is 0 Å². The van der Waals surface area contributed by atoms with E-state index in [1.165, 1.54) is 14.2 Å². The quantitative estimate of drug-likeness (QED) is 0.418. The minimum absolute atomic E-state index is 0.0768. The lowest BCUT2D eigenvalue weighted by Gasteiger charge is -2.15. The van der Waals surface area contributed by atoms with Crippen molar-refractivity contribution >= 4 is 22.2 Å². The first-order valence-electron chi connectivity index (χ1n) is 5.18. The maximum absolute atomic E-state index is 10.9. The van der Waals surface area contributed by atoms with Crippen LogP contribution >= 0.6 is 15.9 Å². The van der Waals surface area contributed by atoms with Gasteiger partial charge in [-0.1, -0.05) is 15.9 Å². The van der Waals surface area contributed by atoms with Crippen molar-refractivity contribution in [3.63, 3.8) is 0 Å². The van der Waals surface area contributed by atoms with Crippen molar-refractivity contribution in [2.24, 2.45) is 0 Å². The van der Waals surface area contributed by atoms with Crippen LogP contribution in [0.15, 0.2) is 12.1 Å². The number of halogens is 1. The molecule has 100 valence electrons. The maximum atomic E-state index is 10.9. The summed E-state index contributed by atoms with van der Waals surface area (Å²) in [5.74, 6) is 0.990. The van der Waals surface area contributed by atoms with Crippen LogP contribution in [0.25, 0.3) is 0 Å². The molecule has 0 unspecified atom stereocenters. The largest absolute Gasteiger partial charge is 0.464 e. The molecule has 0 spiro atoms. The number of benzene rings is 1. The van der Waals surface area contributed by atoms with Gasteiger partial charge >= 0.3 is 0 Å². The summed E-state index contributed by atoms with van der Waals surface area (Å²) in [6, 6.07) is 3.33. The van der Waals surface area contributed by atoms with Crippen molar-refractivity contribution in [3.8, 4) is 11.5 Å². The van der Waals surface area contributed by atoms with E-state index in [4.69, 9.17) is 18.9 Å². The molecule has 0 saturated carbocycles. The van der Waals surface area contributed by atoms with E-state index in [-0.39, 0.29) is 13.6 Å². The Balaban J connectivity index is 3.09. The Bertz CT molecular complexity index is 394. The number of rotatable bonds is 8. The third-order valence-electron chi connectivity index (χ3n) is 2.09. The Labute approximate surface area is 114 Å². The zero-order valence-corrected chi connectivity index (χ0v) is 11.9. The maximum Gasteiger partial charge on any atom is 0.188 e. The molecule has 0 fully saturated rings. The van der Waals surface area contributed by atoms with Gasteiger partial charge in [0.25, 0.3) is 0 Å². The van der Waals surface area contributed by atoms with E-state index in [0.29, 0.717) is 22.4 Å². The van der Waals surface area contributed by atoms with Crippen LogP contribution in [0.3, 0.4) is 0 Å². The average Bonchev–Trinajstić information content (AvgIpc) is 2.42. The lowest BCUT2D eigenvalue weighted by atomic mass is 10.1. The Morgan fingerprint density at radius 2 is 1.83 bits per heavy atom. The molecule has 0 radical (unpaired) electrons. The van der Waals surface area contributed by atoms with E-state index in [0.717, 1.165) is 11.8 Å². The minimum Gasteiger partial charge on any atom is -0.464 e. The van der Waals surface area contributed by atoms with Gasteiger partial charge in [0.15, 0.2) is 25.1 Å². The summed E-state index contributed by atoms with van der Waals surface area (Å²) < 4.78 is 20.6. The van der Waals surface area contributed by atoms with Gasteiger partial charge < -0.3 is 18.9 Å². The summed E-state index contributed by atoms with van der Waals surface area (Å²) >= 11 is 3.34. The molecule has 0 N–H and O–H groups in total. The van der Waals surface area contributed by atoms with Crippen LogP contribution in [-0.4, -0.2) is 34.1 Å². The Hall–Kier alpha value is -1.11. The summed E-state index contributed by atoms with van der Waals surface area (Å²) in [6.45, 7) is 0.178. The SMILES string of the molecule is COCOc1cc(C=O)cc(CBr)c1OCOC. The molecule has 1 aromatic carbocycles. The van der Waals surface area contributed by atoms with Crippen LogP contribution in [0.4, 0.5) is 0 Å². The number of carbonyl (C=O) groups is 1. The van der Waals surface area contributed by atoms with Crippen molar-refractivity contribution in [1.29, 1.82) is 0 Å². The number of ether oxygens (including phenoxy) is 4. The van der Waals surface area contributed by atoms with Gasteiger partial charge in [-0.25, -0.2) is 0 Å². The molecule has 0 aliphatic carbocycles. The zero-order valence-electron chi connectivity index (χ0n) is 10.3. The fraction of sp³-hybridized carbons (Fsp3) is 0.417. The molecule has 5 nitrogen and oxygen atoms in total. The molecule has 6 heteroatoms. The highest BCUT2D eigenvalue weighted by Crippen LogP contribution is 2.34. The van der Waals surface area contributed by atoms with Gasteiger partial charge in [-0.3, -0.25) is 4.79 Å². The fourth-order valence-electron chi connectivity index (χ4n) is 1.36. The third-order valence-corrected chi connectivity index (χ3v) is 2.69. The molecule has 1 aromatic rings. The molecule has 0 aromatic heterocycles. The molecule has 0 saturated heterocycles. The highest BCUT2D eigenvalue weighted by atomic mass is 79.9. The van der Waals surface area contributed by atoms with E-state index in [9.17, 15) is 4.79 Å². The zero-order chi connectivity index (χ0) is 13.4. The van der Waals surface area contributed by atoms with Crippen molar-refractivity contribution in [3.05, 3.63) is 23.3 Å². The summed E-state index contributed by atoms with van der Waals surface area (Å²) in [4.78, 5) is 10.9. The molecule has 0 bridgehead atoms. The van der Waals surface area contributed by atoms with Crippen LogP contribution in [0.5, 0.6) is 11.5 Å². The van der Waals surface area contributed by atoms with E-state index in [2.05, 4.69) is 15.9 Å². The van der Waals surface area contributed by atoms with Crippen molar-refractivity contribution in [2.45, 2.75) is 5.33 Å². The van der Waals surface area contributed by atoms with Gasteiger partial charge in [-0.15, -0.1) is 0 Å². The first-order chi connectivity index (χ1) is 8.76. The van der Waals surface area contributed by atoms with Crippen LogP contribution in [-0.2, 0) is 14.8 Å². The standard InChI is InChI=1S/C12H15BrO5/c1-15-7-17-11-4-9(6-14)3-10(5-13)12(11)18-8-16-2/h3-4,6H,5,7-8H2,1-2H3. The van der Waals surface area contributed by atoms with Gasteiger partial charge in [0.2, 0.25) is 0 Å². The average molecular weight is 319 g/mol. The normalized spacial score (nSPS) is 10.2. The molecule has 0 heterocycles. The molecule has 18 heavy (non-hydrogen) atoms. The second-order valence-electron chi connectivity index (χ2n) is 3.36. The van der Waals surface area contributed by atoms with E-state index in [1.54, 1.807) is 12.1 Å². The lowest BCUT2D eigenvalue weighted by Crippen LogP contribution is -2.07. The monoisotopic (exact) mass is 318 g/mol. The summed E-state index contributed by atoms with van der Waals surface area (Å²) in [5, 5.41) is 0.539. The minimum atomic E-state index is 0.0768. The number of hydrogen-bond acceptors (Lipinski definition) is 5. The molecule has 0 aliphatic heterocycles. The number of alkyl halides is 1. The molecular formula is C12H15BrO5. The molecule has 0 aliphatic rings. The van der Waals surface area contributed by atoms with Gasteiger partial charge in [-0.2, -0.15) is 0 Å². The van der Waals surface area contributed by atoms with E-state index < -0.39 is 0 Å². The summed E-state index contributed by atoms with van der Waals surface area (Å²) in [7, 11) is 3.05. The van der Waals surface area contributed by atoms with Gasteiger partial charge in [0.05, 0.1) is 0 Å². The van der Waals surface area contributed by atoms with Gasteiger partial charge in [0, 0.05) is 30.7 Å². The second kappa shape index (κ2) is 8.07. The van der Waals surface area contributed by atoms with Crippen LogP contribution in [0.2, 0.25) is 0 Å². The first-order valence-corrected chi connectivity index (χ1v) is 6.30. The predicted octanol–water partition coefficient (Wildman–Crippen LogP) is 2.36. The second-order valence-corrected chi connectivity index (χ2v) is 3.92. The Morgan fingerprint density at radius 1 is 1.17 bits per heavy atom. The van der Waals surface area contributed by atoms with Crippen LogP contribution < -0.4 is 9.47 Å².